The van der Waals surface area contributed by atoms with Crippen molar-refractivity contribution >= 4 is 5.97 Å². The van der Waals surface area contributed by atoms with Crippen molar-refractivity contribution in [2.75, 3.05) is 13.2 Å². The molecule has 4 heteroatoms. The number of carboxylic acids is 1. The third kappa shape index (κ3) is 6.17. The van der Waals surface area contributed by atoms with E-state index in [9.17, 15) is 4.79 Å². The highest BCUT2D eigenvalue weighted by molar-refractivity contribution is 5.75. The zero-order chi connectivity index (χ0) is 14.8. The van der Waals surface area contributed by atoms with Crippen LogP contribution >= 0.6 is 0 Å². The lowest BCUT2D eigenvalue weighted by atomic mass is 10.00. The van der Waals surface area contributed by atoms with Crippen molar-refractivity contribution in [2.24, 2.45) is 0 Å². The van der Waals surface area contributed by atoms with Gasteiger partial charge in [0.1, 0.15) is 0 Å². The number of carbonyl (C=O) groups is 1. The minimum atomic E-state index is -0.793. The highest BCUT2D eigenvalue weighted by Crippen LogP contribution is 2.15. The van der Waals surface area contributed by atoms with Crippen LogP contribution in [0.4, 0.5) is 0 Å². The first-order valence-electron chi connectivity index (χ1n) is 7.28. The Morgan fingerprint density at radius 3 is 2.40 bits per heavy atom. The summed E-state index contributed by atoms with van der Waals surface area (Å²) in [5, 5.41) is 21.0. The number of nitrogens with one attached hydrogen (secondary N) is 1. The Labute approximate surface area is 120 Å². The van der Waals surface area contributed by atoms with Gasteiger partial charge in [-0.1, -0.05) is 37.1 Å². The van der Waals surface area contributed by atoms with Gasteiger partial charge < -0.3 is 15.5 Å². The van der Waals surface area contributed by atoms with E-state index < -0.39 is 11.9 Å². The predicted molar refractivity (Wildman–Crippen MR) is 79.8 cm³/mol. The molecule has 0 fully saturated rings. The predicted octanol–water partition coefficient (Wildman–Crippen LogP) is 2.52. The molecule has 0 saturated heterocycles. The van der Waals surface area contributed by atoms with E-state index in [-0.39, 0.29) is 6.61 Å². The molecule has 20 heavy (non-hydrogen) atoms. The molecule has 1 aromatic rings. The summed E-state index contributed by atoms with van der Waals surface area (Å²) in [5.41, 5.74) is 2.01. The van der Waals surface area contributed by atoms with Gasteiger partial charge >= 0.3 is 5.97 Å². The van der Waals surface area contributed by atoms with Gasteiger partial charge in [0.2, 0.25) is 0 Å². The summed E-state index contributed by atoms with van der Waals surface area (Å²) in [7, 11) is 0. The molecule has 0 aromatic heterocycles. The van der Waals surface area contributed by atoms with Crippen molar-refractivity contribution in [1.82, 2.24) is 5.32 Å². The maximum Gasteiger partial charge on any atom is 0.310 e. The number of rotatable bonds is 10. The van der Waals surface area contributed by atoms with Gasteiger partial charge in [0.05, 0.1) is 5.92 Å². The minimum absolute atomic E-state index is 0.286. The molecule has 0 amide bonds. The van der Waals surface area contributed by atoms with E-state index in [4.69, 9.17) is 10.2 Å². The van der Waals surface area contributed by atoms with Gasteiger partial charge in [-0.15, -0.1) is 0 Å². The van der Waals surface area contributed by atoms with Gasteiger partial charge in [0.25, 0.3) is 0 Å². The second-order valence-electron chi connectivity index (χ2n) is 5.12. The van der Waals surface area contributed by atoms with Gasteiger partial charge in [-0.25, -0.2) is 0 Å². The summed E-state index contributed by atoms with van der Waals surface area (Å²) in [6, 6.07) is 7.73. The summed E-state index contributed by atoms with van der Waals surface area (Å²) in [6.45, 7) is 3.76. The smallest absolute Gasteiger partial charge is 0.310 e. The van der Waals surface area contributed by atoms with Crippen LogP contribution in [0.2, 0.25) is 0 Å². The van der Waals surface area contributed by atoms with E-state index in [2.05, 4.69) is 5.32 Å². The average Bonchev–Trinajstić information content (AvgIpc) is 2.46. The SMILES string of the molecule is CC(C(=O)O)c1ccc(CNCCCCCCO)cc1. The quantitative estimate of drug-likeness (QED) is 0.576. The second kappa shape index (κ2) is 9.50. The molecule has 0 radical (unpaired) electrons. The lowest BCUT2D eigenvalue weighted by molar-refractivity contribution is -0.138. The molecule has 0 bridgehead atoms. The molecule has 0 aliphatic heterocycles. The van der Waals surface area contributed by atoms with Gasteiger partial charge in [-0.3, -0.25) is 4.79 Å². The highest BCUT2D eigenvalue weighted by atomic mass is 16.4. The summed E-state index contributed by atoms with van der Waals surface area (Å²) in [6.07, 6.45) is 4.24. The monoisotopic (exact) mass is 279 g/mol. The van der Waals surface area contributed by atoms with Gasteiger partial charge in [0, 0.05) is 13.2 Å². The molecule has 0 heterocycles. The maximum atomic E-state index is 10.9. The number of carboxylic acid groups (broad SMARTS) is 1. The molecule has 1 atom stereocenters. The Bertz CT molecular complexity index is 389. The third-order valence-corrected chi connectivity index (χ3v) is 3.44. The van der Waals surface area contributed by atoms with Crippen LogP contribution in [0.1, 0.15) is 49.7 Å². The van der Waals surface area contributed by atoms with Gasteiger partial charge in [-0.2, -0.15) is 0 Å². The van der Waals surface area contributed by atoms with Crippen LogP contribution < -0.4 is 5.32 Å². The van der Waals surface area contributed by atoms with Gasteiger partial charge in [-0.05, 0) is 37.4 Å². The number of unbranched alkanes of at least 4 members (excludes halogenated alkanes) is 3. The average molecular weight is 279 g/mol. The zero-order valence-electron chi connectivity index (χ0n) is 12.1. The fourth-order valence-corrected chi connectivity index (χ4v) is 2.01. The van der Waals surface area contributed by atoms with Crippen LogP contribution in [-0.4, -0.2) is 29.3 Å². The number of aliphatic carboxylic acids is 1. The van der Waals surface area contributed by atoms with Crippen LogP contribution in [0.5, 0.6) is 0 Å². The summed E-state index contributed by atoms with van der Waals surface area (Å²) >= 11 is 0. The molecule has 0 aliphatic carbocycles. The van der Waals surface area contributed by atoms with E-state index in [0.29, 0.717) is 0 Å². The first kappa shape index (κ1) is 16.7. The Balaban J connectivity index is 2.23. The van der Waals surface area contributed by atoms with Gasteiger partial charge in [0.15, 0.2) is 0 Å². The van der Waals surface area contributed by atoms with Crippen molar-refractivity contribution in [1.29, 1.82) is 0 Å². The Morgan fingerprint density at radius 1 is 1.15 bits per heavy atom. The Kier molecular flexibility index (Phi) is 7.92. The normalized spacial score (nSPS) is 12.3. The number of benzene rings is 1. The molecular formula is C16H25NO3. The zero-order valence-corrected chi connectivity index (χ0v) is 12.1. The number of aliphatic hydroxyl groups is 1. The highest BCUT2D eigenvalue weighted by Gasteiger charge is 2.12. The van der Waals surface area contributed by atoms with Crippen LogP contribution in [0.25, 0.3) is 0 Å². The molecule has 1 aromatic carbocycles. The minimum Gasteiger partial charge on any atom is -0.481 e. The first-order chi connectivity index (χ1) is 9.65. The van der Waals surface area contributed by atoms with Crippen molar-refractivity contribution in [3.63, 3.8) is 0 Å². The Morgan fingerprint density at radius 2 is 1.80 bits per heavy atom. The van der Waals surface area contributed by atoms with Crippen molar-refractivity contribution in [3.05, 3.63) is 35.4 Å². The lowest BCUT2D eigenvalue weighted by Gasteiger charge is -2.08. The van der Waals surface area contributed by atoms with E-state index in [0.717, 1.165) is 44.3 Å². The largest absolute Gasteiger partial charge is 0.481 e. The third-order valence-electron chi connectivity index (χ3n) is 3.44. The number of hydrogen-bond donors (Lipinski definition) is 3. The molecule has 1 rings (SSSR count). The topological polar surface area (TPSA) is 69.6 Å². The van der Waals surface area contributed by atoms with Crippen LogP contribution in [0, 0.1) is 0 Å². The molecule has 0 aliphatic rings. The van der Waals surface area contributed by atoms with Crippen molar-refractivity contribution in [2.45, 2.75) is 45.1 Å². The summed E-state index contributed by atoms with van der Waals surface area (Å²) in [5.74, 6) is -1.25. The summed E-state index contributed by atoms with van der Waals surface area (Å²) in [4.78, 5) is 10.9. The molecule has 1 unspecified atom stereocenters. The second-order valence-corrected chi connectivity index (χ2v) is 5.12. The van der Waals surface area contributed by atoms with Crippen LogP contribution in [-0.2, 0) is 11.3 Å². The molecule has 3 N–H and O–H groups in total. The van der Waals surface area contributed by atoms with Crippen LogP contribution in [0.15, 0.2) is 24.3 Å². The molecule has 0 saturated carbocycles. The lowest BCUT2D eigenvalue weighted by Crippen LogP contribution is -2.15. The van der Waals surface area contributed by atoms with E-state index in [1.807, 2.05) is 24.3 Å². The molecule has 4 nitrogen and oxygen atoms in total. The molecule has 0 spiro atoms. The Hall–Kier alpha value is -1.39. The fourth-order valence-electron chi connectivity index (χ4n) is 2.01. The van der Waals surface area contributed by atoms with Crippen LogP contribution in [0.3, 0.4) is 0 Å². The number of hydrogen-bond acceptors (Lipinski definition) is 3. The molecule has 112 valence electrons. The molecular weight excluding hydrogens is 254 g/mol. The van der Waals surface area contributed by atoms with E-state index >= 15 is 0 Å². The maximum absolute atomic E-state index is 10.9. The summed E-state index contributed by atoms with van der Waals surface area (Å²) < 4.78 is 0. The van der Waals surface area contributed by atoms with Crippen molar-refractivity contribution in [3.8, 4) is 0 Å². The standard InChI is InChI=1S/C16H25NO3/c1-13(16(19)20)15-8-6-14(7-9-15)12-17-10-4-2-3-5-11-18/h6-9,13,17-18H,2-5,10-12H2,1H3,(H,19,20). The fraction of sp³-hybridized carbons (Fsp3) is 0.562. The van der Waals surface area contributed by atoms with E-state index in [1.54, 1.807) is 6.92 Å². The number of aliphatic hydroxyl groups excluding tert-OH is 1. The first-order valence-corrected chi connectivity index (χ1v) is 7.28. The van der Waals surface area contributed by atoms with E-state index in [1.165, 1.54) is 5.56 Å². The van der Waals surface area contributed by atoms with Crippen molar-refractivity contribution < 1.29 is 15.0 Å².